The molecule has 0 aliphatic heterocycles. The molecule has 182 valence electrons. The molecule has 34 heavy (non-hydrogen) atoms. The van der Waals surface area contributed by atoms with E-state index in [2.05, 4.69) is 0 Å². The quantitative estimate of drug-likeness (QED) is 0.487. The number of ether oxygens (including phenoxy) is 1. The first-order chi connectivity index (χ1) is 15.9. The van der Waals surface area contributed by atoms with Crippen molar-refractivity contribution in [3.05, 3.63) is 68.8 Å². The summed E-state index contributed by atoms with van der Waals surface area (Å²) >= 11 is 0. The van der Waals surface area contributed by atoms with Crippen molar-refractivity contribution < 1.29 is 23.7 Å². The molecule has 0 saturated heterocycles. The van der Waals surface area contributed by atoms with E-state index in [0.717, 1.165) is 33.4 Å². The van der Waals surface area contributed by atoms with Crippen LogP contribution >= 0.6 is 7.14 Å². The number of carbonyl (C=O) groups excluding carboxylic acids is 3. The van der Waals surface area contributed by atoms with Gasteiger partial charge in [-0.2, -0.15) is 0 Å². The van der Waals surface area contributed by atoms with Crippen LogP contribution in [0.4, 0.5) is 4.79 Å². The maximum atomic E-state index is 14.8. The van der Waals surface area contributed by atoms with E-state index in [1.54, 1.807) is 0 Å². The first-order valence-corrected chi connectivity index (χ1v) is 13.4. The van der Waals surface area contributed by atoms with Crippen LogP contribution in [0.15, 0.2) is 24.3 Å². The Bertz CT molecular complexity index is 1090. The summed E-state index contributed by atoms with van der Waals surface area (Å²) in [5, 5.41) is 0. The molecule has 1 saturated carbocycles. The van der Waals surface area contributed by atoms with Gasteiger partial charge in [0.2, 0.25) is 18.2 Å². The molecule has 3 rings (SSSR count). The lowest BCUT2D eigenvalue weighted by Gasteiger charge is -2.33. The Labute approximate surface area is 201 Å². The minimum Gasteiger partial charge on any atom is -0.446 e. The van der Waals surface area contributed by atoms with Crippen LogP contribution < -0.4 is 5.73 Å². The number of hydrogen-bond acceptors (Lipinski definition) is 5. The second kappa shape index (κ2) is 9.87. The zero-order valence-corrected chi connectivity index (χ0v) is 21.8. The fraction of sp³-hybridized carbons (Fsp3) is 0.444. The van der Waals surface area contributed by atoms with Crippen LogP contribution in [0.1, 0.15) is 79.8 Å². The Balaban J connectivity index is 2.13. The third-order valence-electron chi connectivity index (χ3n) is 6.83. The van der Waals surface area contributed by atoms with Crippen molar-refractivity contribution >= 4 is 24.3 Å². The summed E-state index contributed by atoms with van der Waals surface area (Å²) in [4.78, 5) is 39.4. The number of nitrogens with two attached hydrogens (primary N) is 1. The van der Waals surface area contributed by atoms with Crippen LogP contribution in [-0.2, 0) is 9.30 Å². The molecule has 0 unspecified atom stereocenters. The van der Waals surface area contributed by atoms with Crippen LogP contribution in [0.3, 0.4) is 0 Å². The topological polar surface area (TPSA) is 104 Å². The summed E-state index contributed by atoms with van der Waals surface area (Å²) in [5.74, 6) is 0. The average molecular weight is 484 g/mol. The highest BCUT2D eigenvalue weighted by Gasteiger charge is 2.50. The van der Waals surface area contributed by atoms with Gasteiger partial charge in [0.05, 0.1) is 0 Å². The van der Waals surface area contributed by atoms with E-state index in [0.29, 0.717) is 36.8 Å². The van der Waals surface area contributed by atoms with Gasteiger partial charge in [0.1, 0.15) is 6.10 Å². The van der Waals surface area contributed by atoms with E-state index in [9.17, 15) is 18.9 Å². The predicted octanol–water partition coefficient (Wildman–Crippen LogP) is 6.29. The molecule has 2 aromatic carbocycles. The molecular formula is C27H34NO5P. The van der Waals surface area contributed by atoms with Crippen molar-refractivity contribution in [1.29, 1.82) is 0 Å². The third-order valence-corrected chi connectivity index (χ3v) is 10.0. The van der Waals surface area contributed by atoms with Crippen LogP contribution in [0.25, 0.3) is 0 Å². The maximum absolute atomic E-state index is 14.8. The van der Waals surface area contributed by atoms with Crippen molar-refractivity contribution in [2.75, 3.05) is 0 Å². The Kier molecular flexibility index (Phi) is 7.52. The van der Waals surface area contributed by atoms with Crippen molar-refractivity contribution in [2.24, 2.45) is 5.73 Å². The van der Waals surface area contributed by atoms with Gasteiger partial charge in [-0.3, -0.25) is 9.59 Å². The van der Waals surface area contributed by atoms with Gasteiger partial charge in [0.25, 0.3) is 0 Å². The molecule has 6 nitrogen and oxygen atoms in total. The number of benzene rings is 2. The number of hydrogen-bond donors (Lipinski definition) is 1. The van der Waals surface area contributed by atoms with E-state index in [1.807, 2.05) is 65.8 Å². The highest BCUT2D eigenvalue weighted by Crippen LogP contribution is 2.61. The van der Waals surface area contributed by atoms with Crippen LogP contribution in [-0.4, -0.2) is 28.9 Å². The first kappa shape index (κ1) is 25.9. The van der Waals surface area contributed by atoms with Gasteiger partial charge in [0.15, 0.2) is 0 Å². The van der Waals surface area contributed by atoms with Crippen LogP contribution in [0.5, 0.6) is 0 Å². The summed E-state index contributed by atoms with van der Waals surface area (Å²) in [6, 6.07) is 7.54. The fourth-order valence-electron chi connectivity index (χ4n) is 5.48. The van der Waals surface area contributed by atoms with E-state index in [4.69, 9.17) is 10.5 Å². The second-order valence-electron chi connectivity index (χ2n) is 9.68. The number of amides is 1. The standard InChI is InChI=1S/C27H34NO5P/c1-15-11-17(3)23(18(4)12-15)25(29)34(32,22-9-7-21(8-10-22)33-27(28)31)26(30)24-19(5)13-16(2)14-20(24)6/h11-14,21-22H,7-10H2,1-6H3,(H2,28,31). The largest absolute Gasteiger partial charge is 0.446 e. The highest BCUT2D eigenvalue weighted by atomic mass is 31.2. The molecule has 2 N–H and O–H groups in total. The van der Waals surface area contributed by atoms with Gasteiger partial charge in [-0.15, -0.1) is 0 Å². The number of carbonyl (C=O) groups is 3. The number of primary amides is 1. The molecule has 2 aromatic rings. The summed E-state index contributed by atoms with van der Waals surface area (Å²) in [7, 11) is -4.07. The van der Waals surface area contributed by atoms with Crippen molar-refractivity contribution in [3.8, 4) is 0 Å². The predicted molar refractivity (Wildman–Crippen MR) is 134 cm³/mol. The lowest BCUT2D eigenvalue weighted by molar-refractivity contribution is 0.0822. The number of rotatable bonds is 6. The van der Waals surface area contributed by atoms with Gasteiger partial charge in [-0.1, -0.05) is 35.4 Å². The summed E-state index contributed by atoms with van der Waals surface area (Å²) < 4.78 is 20.0. The molecule has 1 amide bonds. The molecule has 7 heteroatoms. The first-order valence-electron chi connectivity index (χ1n) is 11.7. The Hall–Kier alpha value is -2.72. The maximum Gasteiger partial charge on any atom is 0.404 e. The van der Waals surface area contributed by atoms with E-state index >= 15 is 0 Å². The average Bonchev–Trinajstić information content (AvgIpc) is 2.71. The molecule has 1 aliphatic rings. The normalized spacial score (nSPS) is 18.4. The highest BCUT2D eigenvalue weighted by molar-refractivity contribution is 7.96. The van der Waals surface area contributed by atoms with E-state index < -0.39 is 36.0 Å². The lowest BCUT2D eigenvalue weighted by atomic mass is 9.97. The molecule has 1 fully saturated rings. The molecule has 0 atom stereocenters. The zero-order valence-electron chi connectivity index (χ0n) is 20.9. The second-order valence-corrected chi connectivity index (χ2v) is 12.5. The Morgan fingerprint density at radius 3 is 1.41 bits per heavy atom. The fourth-order valence-corrected chi connectivity index (χ4v) is 8.72. The monoisotopic (exact) mass is 483 g/mol. The van der Waals surface area contributed by atoms with E-state index in [-0.39, 0.29) is 0 Å². The molecule has 0 heterocycles. The van der Waals surface area contributed by atoms with Crippen molar-refractivity contribution in [1.82, 2.24) is 0 Å². The zero-order chi connectivity index (χ0) is 25.4. The van der Waals surface area contributed by atoms with Gasteiger partial charge >= 0.3 is 6.09 Å². The summed E-state index contributed by atoms with van der Waals surface area (Å²) in [6.07, 6.45) is 0.279. The molecular weight excluding hydrogens is 449 g/mol. The van der Waals surface area contributed by atoms with Crippen LogP contribution in [0, 0.1) is 41.5 Å². The smallest absolute Gasteiger partial charge is 0.404 e. The minimum absolute atomic E-state index is 0.348. The minimum atomic E-state index is -4.07. The number of aryl methyl sites for hydroxylation is 6. The molecule has 0 bridgehead atoms. The Morgan fingerprint density at radius 2 is 1.09 bits per heavy atom. The van der Waals surface area contributed by atoms with Gasteiger partial charge < -0.3 is 15.0 Å². The van der Waals surface area contributed by atoms with E-state index in [1.165, 1.54) is 0 Å². The van der Waals surface area contributed by atoms with Gasteiger partial charge in [0, 0.05) is 16.8 Å². The Morgan fingerprint density at radius 1 is 0.735 bits per heavy atom. The molecule has 0 aromatic heterocycles. The van der Waals surface area contributed by atoms with Crippen molar-refractivity contribution in [2.45, 2.75) is 79.0 Å². The molecule has 0 spiro atoms. The SMILES string of the molecule is Cc1cc(C)c(C(=O)P(=O)(C(=O)c2c(C)cc(C)cc2C)C2CCC(OC(N)=O)CC2)c(C)c1. The third kappa shape index (κ3) is 4.88. The van der Waals surface area contributed by atoms with Gasteiger partial charge in [-0.25, -0.2) is 4.79 Å². The molecule has 0 radical (unpaired) electrons. The lowest BCUT2D eigenvalue weighted by Crippen LogP contribution is -2.32. The van der Waals surface area contributed by atoms with Gasteiger partial charge in [-0.05, 0) is 89.5 Å². The molecule has 1 aliphatic carbocycles. The van der Waals surface area contributed by atoms with Crippen LogP contribution in [0.2, 0.25) is 0 Å². The summed E-state index contributed by atoms with van der Waals surface area (Å²) in [6.45, 7) is 11.2. The van der Waals surface area contributed by atoms with Crippen molar-refractivity contribution in [3.63, 3.8) is 0 Å². The summed E-state index contributed by atoms with van der Waals surface area (Å²) in [5.41, 5.74) is 9.06.